The lowest BCUT2D eigenvalue weighted by molar-refractivity contribution is 0.0921. The minimum absolute atomic E-state index is 0.206. The first-order valence-corrected chi connectivity index (χ1v) is 10.4. The molecule has 0 spiro atoms. The minimum atomic E-state index is -0.403. The molecule has 0 aliphatic heterocycles. The van der Waals surface area contributed by atoms with Crippen LogP contribution in [0.15, 0.2) is 75.9 Å². The number of ketones is 1. The predicted molar refractivity (Wildman–Crippen MR) is 123 cm³/mol. The molecular weight excluding hydrogens is 435 g/mol. The lowest BCUT2D eigenvalue weighted by Gasteiger charge is -2.12. The molecule has 0 atom stereocenters. The van der Waals surface area contributed by atoms with Gasteiger partial charge in [0.05, 0.1) is 5.02 Å². The van der Waals surface area contributed by atoms with Crippen molar-refractivity contribution in [2.75, 3.05) is 6.61 Å². The molecule has 1 aromatic heterocycles. The fourth-order valence-electron chi connectivity index (χ4n) is 3.37. The van der Waals surface area contributed by atoms with Crippen molar-refractivity contribution in [1.82, 2.24) is 0 Å². The quantitative estimate of drug-likeness (QED) is 0.255. The van der Waals surface area contributed by atoms with Crippen molar-refractivity contribution in [2.45, 2.75) is 13.3 Å². The van der Waals surface area contributed by atoms with E-state index in [4.69, 9.17) is 32.4 Å². The number of halogens is 2. The summed E-state index contributed by atoms with van der Waals surface area (Å²) in [6, 6.07) is 19.5. The summed E-state index contributed by atoms with van der Waals surface area (Å²) < 4.78 is 11.2. The summed E-state index contributed by atoms with van der Waals surface area (Å²) in [5.74, 6) is 0.0542. The molecule has 1 heterocycles. The molecule has 0 fully saturated rings. The number of fused-ring (bicyclic) bond motifs is 1. The Morgan fingerprint density at radius 2 is 1.71 bits per heavy atom. The number of Topliss-reactive ketones (excluding diaryl/α,β-unsaturated/α-hetero) is 1. The zero-order valence-corrected chi connectivity index (χ0v) is 18.2. The maximum absolute atomic E-state index is 12.6. The van der Waals surface area contributed by atoms with Gasteiger partial charge in [-0.15, -0.1) is 0 Å². The molecule has 0 saturated heterocycles. The van der Waals surface area contributed by atoms with Crippen LogP contribution >= 0.6 is 23.2 Å². The SMILES string of the molecule is Cc1c(Cc2ccccc2)c(=O)oc2cc(OCC(=O)c3ccc(Cl)cc3)c(Cl)cc12. The third-order valence-corrected chi connectivity index (χ3v) is 5.64. The monoisotopic (exact) mass is 452 g/mol. The Labute approximate surface area is 189 Å². The highest BCUT2D eigenvalue weighted by Crippen LogP contribution is 2.32. The largest absolute Gasteiger partial charge is 0.484 e. The van der Waals surface area contributed by atoms with Crippen LogP contribution in [0.3, 0.4) is 0 Å². The molecule has 0 radical (unpaired) electrons. The van der Waals surface area contributed by atoms with E-state index in [0.29, 0.717) is 33.2 Å². The van der Waals surface area contributed by atoms with E-state index < -0.39 is 5.63 Å². The zero-order chi connectivity index (χ0) is 22.0. The smallest absolute Gasteiger partial charge is 0.340 e. The van der Waals surface area contributed by atoms with Crippen LogP contribution in [0.25, 0.3) is 11.0 Å². The predicted octanol–water partition coefficient (Wildman–Crippen LogP) is 6.26. The topological polar surface area (TPSA) is 56.5 Å². The number of carbonyl (C=O) groups excluding carboxylic acids is 1. The number of hydrogen-bond acceptors (Lipinski definition) is 4. The van der Waals surface area contributed by atoms with E-state index in [-0.39, 0.29) is 18.1 Å². The van der Waals surface area contributed by atoms with Crippen molar-refractivity contribution in [2.24, 2.45) is 0 Å². The Balaban J connectivity index is 1.61. The summed E-state index contributed by atoms with van der Waals surface area (Å²) >= 11 is 12.3. The highest BCUT2D eigenvalue weighted by Gasteiger charge is 2.16. The highest BCUT2D eigenvalue weighted by atomic mass is 35.5. The summed E-state index contributed by atoms with van der Waals surface area (Å²) in [5.41, 5.74) is 2.84. The number of rotatable bonds is 6. The molecule has 4 nitrogen and oxygen atoms in total. The standard InChI is InChI=1S/C25H18Cl2O4/c1-15-19-12-21(27)24(30-14-22(28)17-7-9-18(26)10-8-17)13-23(19)31-25(29)20(15)11-16-5-3-2-4-6-16/h2-10,12-13H,11,14H2,1H3. The van der Waals surface area contributed by atoms with Crippen LogP contribution in [0, 0.1) is 6.92 Å². The van der Waals surface area contributed by atoms with Gasteiger partial charge >= 0.3 is 5.63 Å². The van der Waals surface area contributed by atoms with Crippen LogP contribution in [-0.4, -0.2) is 12.4 Å². The second-order valence-corrected chi connectivity index (χ2v) is 8.00. The molecule has 0 amide bonds. The van der Waals surface area contributed by atoms with Gasteiger partial charge in [0.15, 0.2) is 12.4 Å². The molecule has 31 heavy (non-hydrogen) atoms. The Hall–Kier alpha value is -3.08. The van der Waals surface area contributed by atoms with E-state index in [1.807, 2.05) is 37.3 Å². The molecule has 0 bridgehead atoms. The van der Waals surface area contributed by atoms with Crippen LogP contribution in [-0.2, 0) is 6.42 Å². The molecule has 0 aliphatic carbocycles. The number of benzene rings is 3. The average molecular weight is 453 g/mol. The van der Waals surface area contributed by atoms with E-state index >= 15 is 0 Å². The van der Waals surface area contributed by atoms with Crippen LogP contribution in [0.4, 0.5) is 0 Å². The number of carbonyl (C=O) groups is 1. The average Bonchev–Trinajstić information content (AvgIpc) is 2.77. The van der Waals surface area contributed by atoms with Gasteiger partial charge in [-0.1, -0.05) is 53.5 Å². The molecular formula is C25H18Cl2O4. The van der Waals surface area contributed by atoms with Gasteiger partial charge in [-0.05, 0) is 48.4 Å². The first-order chi connectivity index (χ1) is 14.9. The zero-order valence-electron chi connectivity index (χ0n) is 16.7. The van der Waals surface area contributed by atoms with Crippen molar-refractivity contribution in [3.63, 3.8) is 0 Å². The van der Waals surface area contributed by atoms with Gasteiger partial charge in [0, 0.05) is 34.0 Å². The van der Waals surface area contributed by atoms with Crippen molar-refractivity contribution >= 4 is 40.0 Å². The summed E-state index contributed by atoms with van der Waals surface area (Å²) in [5, 5.41) is 1.61. The molecule has 156 valence electrons. The molecule has 4 rings (SSSR count). The Morgan fingerprint density at radius 3 is 2.42 bits per heavy atom. The summed E-state index contributed by atoms with van der Waals surface area (Å²) in [6.07, 6.45) is 0.469. The van der Waals surface area contributed by atoms with E-state index in [1.54, 1.807) is 36.4 Å². The van der Waals surface area contributed by atoms with Crippen molar-refractivity contribution in [3.05, 3.63) is 109 Å². The molecule has 6 heteroatoms. The van der Waals surface area contributed by atoms with E-state index in [2.05, 4.69) is 0 Å². The van der Waals surface area contributed by atoms with Crippen molar-refractivity contribution in [1.29, 1.82) is 0 Å². The first kappa shape index (κ1) is 21.2. The van der Waals surface area contributed by atoms with Crippen LogP contribution < -0.4 is 10.4 Å². The Bertz CT molecular complexity index is 1310. The third-order valence-electron chi connectivity index (χ3n) is 5.09. The van der Waals surface area contributed by atoms with Gasteiger partial charge in [0.2, 0.25) is 0 Å². The lowest BCUT2D eigenvalue weighted by atomic mass is 9.99. The van der Waals surface area contributed by atoms with E-state index in [9.17, 15) is 9.59 Å². The highest BCUT2D eigenvalue weighted by molar-refractivity contribution is 6.33. The van der Waals surface area contributed by atoms with Gasteiger partial charge in [0.1, 0.15) is 11.3 Å². The third kappa shape index (κ3) is 4.66. The van der Waals surface area contributed by atoms with Crippen molar-refractivity contribution in [3.8, 4) is 5.75 Å². The van der Waals surface area contributed by atoms with Crippen LogP contribution in [0.5, 0.6) is 5.75 Å². The van der Waals surface area contributed by atoms with Crippen molar-refractivity contribution < 1.29 is 13.9 Å². The molecule has 0 unspecified atom stereocenters. The molecule has 0 aliphatic rings. The van der Waals surface area contributed by atoms with E-state index in [0.717, 1.165) is 16.5 Å². The van der Waals surface area contributed by atoms with Gasteiger partial charge in [-0.2, -0.15) is 0 Å². The van der Waals surface area contributed by atoms with E-state index in [1.165, 1.54) is 0 Å². The number of hydrogen-bond donors (Lipinski definition) is 0. The summed E-state index contributed by atoms with van der Waals surface area (Å²) in [7, 11) is 0. The van der Waals surface area contributed by atoms with Gasteiger partial charge in [0.25, 0.3) is 0 Å². The Kier molecular flexibility index (Phi) is 6.12. The molecule has 3 aromatic carbocycles. The maximum atomic E-state index is 12.6. The molecule has 4 aromatic rings. The molecule has 0 saturated carbocycles. The van der Waals surface area contributed by atoms with Gasteiger partial charge in [-0.25, -0.2) is 4.79 Å². The minimum Gasteiger partial charge on any atom is -0.484 e. The fraction of sp³-hybridized carbons (Fsp3) is 0.120. The second-order valence-electron chi connectivity index (χ2n) is 7.15. The fourth-order valence-corrected chi connectivity index (χ4v) is 3.71. The first-order valence-electron chi connectivity index (χ1n) is 9.63. The lowest BCUT2D eigenvalue weighted by Crippen LogP contribution is -2.13. The normalized spacial score (nSPS) is 10.9. The van der Waals surface area contributed by atoms with Crippen LogP contribution in [0.1, 0.15) is 27.0 Å². The maximum Gasteiger partial charge on any atom is 0.340 e. The molecule has 0 N–H and O–H groups in total. The Morgan fingerprint density at radius 1 is 1.00 bits per heavy atom. The second kappa shape index (κ2) is 8.96. The summed E-state index contributed by atoms with van der Waals surface area (Å²) in [6.45, 7) is 1.67. The van der Waals surface area contributed by atoms with Gasteiger partial charge < -0.3 is 9.15 Å². The number of aryl methyl sites for hydroxylation is 1. The van der Waals surface area contributed by atoms with Gasteiger partial charge in [-0.3, -0.25) is 4.79 Å². The van der Waals surface area contributed by atoms with Crippen LogP contribution in [0.2, 0.25) is 10.0 Å². The summed E-state index contributed by atoms with van der Waals surface area (Å²) in [4.78, 5) is 25.0. The number of ether oxygens (including phenoxy) is 1.